The fraction of sp³-hybridized carbons (Fsp3) is 0.300. The van der Waals surface area contributed by atoms with Crippen molar-refractivity contribution in [3.8, 4) is 5.75 Å². The van der Waals surface area contributed by atoms with Crippen LogP contribution in [0.4, 0.5) is 5.69 Å². The number of hydrogen-bond donors (Lipinski definition) is 1. The lowest BCUT2D eigenvalue weighted by molar-refractivity contribution is -0.117. The van der Waals surface area contributed by atoms with Crippen molar-refractivity contribution in [1.29, 1.82) is 0 Å². The molecule has 2 aromatic carbocycles. The maximum atomic E-state index is 12.6. The van der Waals surface area contributed by atoms with Crippen molar-refractivity contribution in [2.24, 2.45) is 0 Å². The Morgan fingerprint density at radius 3 is 2.64 bits per heavy atom. The van der Waals surface area contributed by atoms with Crippen LogP contribution < -0.4 is 15.0 Å². The molecule has 0 saturated carbocycles. The van der Waals surface area contributed by atoms with Gasteiger partial charge in [0.15, 0.2) is 0 Å². The van der Waals surface area contributed by atoms with Crippen molar-refractivity contribution in [3.63, 3.8) is 0 Å². The van der Waals surface area contributed by atoms with Crippen LogP contribution in [0.15, 0.2) is 48.5 Å². The Kier molecular flexibility index (Phi) is 5.03. The molecule has 1 saturated heterocycles. The Bertz CT molecular complexity index is 771. The molecule has 25 heavy (non-hydrogen) atoms. The lowest BCUT2D eigenvalue weighted by Gasteiger charge is -2.18. The predicted octanol–water partition coefficient (Wildman–Crippen LogP) is 2.93. The highest BCUT2D eigenvalue weighted by molar-refractivity contribution is 6.00. The minimum Gasteiger partial charge on any atom is -0.493 e. The minimum atomic E-state index is -0.215. The summed E-state index contributed by atoms with van der Waals surface area (Å²) in [6.45, 7) is 4.86. The molecular formula is C20H22N2O3. The topological polar surface area (TPSA) is 58.6 Å². The summed E-state index contributed by atoms with van der Waals surface area (Å²) in [5.74, 6) is 0.363. The van der Waals surface area contributed by atoms with Gasteiger partial charge >= 0.3 is 0 Å². The molecule has 1 atom stereocenters. The van der Waals surface area contributed by atoms with E-state index in [9.17, 15) is 9.59 Å². The van der Waals surface area contributed by atoms with Crippen LogP contribution in [-0.4, -0.2) is 31.0 Å². The summed E-state index contributed by atoms with van der Waals surface area (Å²) < 4.78 is 5.51. The van der Waals surface area contributed by atoms with Crippen LogP contribution in [0.2, 0.25) is 0 Å². The van der Waals surface area contributed by atoms with Gasteiger partial charge in [-0.05, 0) is 38.1 Å². The number of carbonyl (C=O) groups excluding carboxylic acids is 2. The highest BCUT2D eigenvalue weighted by Crippen LogP contribution is 2.23. The van der Waals surface area contributed by atoms with Gasteiger partial charge in [0, 0.05) is 18.7 Å². The molecule has 1 aliphatic heterocycles. The zero-order valence-corrected chi connectivity index (χ0v) is 14.5. The number of amides is 2. The third-order valence-electron chi connectivity index (χ3n) is 4.24. The van der Waals surface area contributed by atoms with Crippen LogP contribution in [0, 0.1) is 6.92 Å². The average Bonchev–Trinajstić information content (AvgIpc) is 2.96. The quantitative estimate of drug-likeness (QED) is 0.912. The minimum absolute atomic E-state index is 0.0206. The summed E-state index contributed by atoms with van der Waals surface area (Å²) in [5, 5.41) is 2.95. The summed E-state index contributed by atoms with van der Waals surface area (Å²) in [6, 6.07) is 14.8. The molecule has 130 valence electrons. The van der Waals surface area contributed by atoms with E-state index in [-0.39, 0.29) is 17.9 Å². The van der Waals surface area contributed by atoms with E-state index in [2.05, 4.69) is 5.32 Å². The Morgan fingerprint density at radius 2 is 1.92 bits per heavy atom. The summed E-state index contributed by atoms with van der Waals surface area (Å²) >= 11 is 0. The van der Waals surface area contributed by atoms with E-state index in [1.807, 2.05) is 44.2 Å². The smallest absolute Gasteiger partial charge is 0.255 e. The number of rotatable bonds is 5. The van der Waals surface area contributed by atoms with Gasteiger partial charge in [0.2, 0.25) is 5.91 Å². The number of hydrogen-bond acceptors (Lipinski definition) is 3. The largest absolute Gasteiger partial charge is 0.493 e. The van der Waals surface area contributed by atoms with E-state index in [0.29, 0.717) is 30.9 Å². The van der Waals surface area contributed by atoms with Crippen molar-refractivity contribution < 1.29 is 14.3 Å². The maximum absolute atomic E-state index is 12.6. The number of nitrogens with zero attached hydrogens (tertiary/aromatic N) is 1. The van der Waals surface area contributed by atoms with Crippen LogP contribution in [0.1, 0.15) is 29.3 Å². The van der Waals surface area contributed by atoms with Gasteiger partial charge < -0.3 is 15.0 Å². The number of para-hydroxylation sites is 1. The molecule has 0 bridgehead atoms. The Hall–Kier alpha value is -2.82. The van der Waals surface area contributed by atoms with Gasteiger partial charge in [0.25, 0.3) is 5.91 Å². The fourth-order valence-corrected chi connectivity index (χ4v) is 2.98. The van der Waals surface area contributed by atoms with Gasteiger partial charge in [-0.25, -0.2) is 0 Å². The van der Waals surface area contributed by atoms with Crippen molar-refractivity contribution in [2.45, 2.75) is 26.3 Å². The fourth-order valence-electron chi connectivity index (χ4n) is 2.98. The molecule has 0 aromatic heterocycles. The zero-order valence-electron chi connectivity index (χ0n) is 14.5. The van der Waals surface area contributed by atoms with Gasteiger partial charge in [0.1, 0.15) is 5.75 Å². The molecule has 1 heterocycles. The average molecular weight is 338 g/mol. The molecule has 2 amide bonds. The molecule has 1 aliphatic rings. The number of nitrogens with one attached hydrogen (secondary N) is 1. The predicted molar refractivity (Wildman–Crippen MR) is 97.0 cm³/mol. The summed E-state index contributed by atoms with van der Waals surface area (Å²) in [4.78, 5) is 26.6. The monoisotopic (exact) mass is 338 g/mol. The Labute approximate surface area is 147 Å². The first kappa shape index (κ1) is 17.0. The molecule has 1 fully saturated rings. The summed E-state index contributed by atoms with van der Waals surface area (Å²) in [5.41, 5.74) is 2.50. The van der Waals surface area contributed by atoms with E-state index >= 15 is 0 Å². The van der Waals surface area contributed by atoms with E-state index in [4.69, 9.17) is 4.74 Å². The SMILES string of the molecule is CCOc1ccccc1C(=O)N[C@H]1CC(=O)N(c2ccc(C)cc2)C1. The van der Waals surface area contributed by atoms with Gasteiger partial charge in [0.05, 0.1) is 18.2 Å². The van der Waals surface area contributed by atoms with E-state index in [1.54, 1.807) is 23.1 Å². The molecule has 0 spiro atoms. The number of ether oxygens (including phenoxy) is 1. The molecule has 5 nitrogen and oxygen atoms in total. The van der Waals surface area contributed by atoms with Gasteiger partial charge in [-0.3, -0.25) is 9.59 Å². The number of carbonyl (C=O) groups is 2. The molecule has 5 heteroatoms. The second-order valence-corrected chi connectivity index (χ2v) is 6.14. The molecule has 1 N–H and O–H groups in total. The molecule has 3 rings (SSSR count). The van der Waals surface area contributed by atoms with Crippen LogP contribution >= 0.6 is 0 Å². The normalized spacial score (nSPS) is 16.8. The molecule has 0 aliphatic carbocycles. The number of anilines is 1. The van der Waals surface area contributed by atoms with Crippen molar-refractivity contribution in [2.75, 3.05) is 18.1 Å². The second-order valence-electron chi connectivity index (χ2n) is 6.14. The summed E-state index contributed by atoms with van der Waals surface area (Å²) in [7, 11) is 0. The van der Waals surface area contributed by atoms with Gasteiger partial charge in [-0.1, -0.05) is 29.8 Å². The first-order chi connectivity index (χ1) is 12.1. The second kappa shape index (κ2) is 7.38. The number of aryl methyl sites for hydroxylation is 1. The molecular weight excluding hydrogens is 316 g/mol. The first-order valence-corrected chi connectivity index (χ1v) is 8.48. The Balaban J connectivity index is 1.69. The van der Waals surface area contributed by atoms with Crippen LogP contribution in [-0.2, 0) is 4.79 Å². The molecule has 0 unspecified atom stereocenters. The number of benzene rings is 2. The van der Waals surface area contributed by atoms with Crippen molar-refractivity contribution in [3.05, 3.63) is 59.7 Å². The van der Waals surface area contributed by atoms with Crippen LogP contribution in [0.5, 0.6) is 5.75 Å². The van der Waals surface area contributed by atoms with Crippen LogP contribution in [0.3, 0.4) is 0 Å². The Morgan fingerprint density at radius 1 is 1.20 bits per heavy atom. The first-order valence-electron chi connectivity index (χ1n) is 8.48. The standard InChI is InChI=1S/C20H22N2O3/c1-3-25-18-7-5-4-6-17(18)20(24)21-15-12-19(23)22(13-15)16-10-8-14(2)9-11-16/h4-11,15H,3,12-13H2,1-2H3,(H,21,24)/t15-/m0/s1. The van der Waals surface area contributed by atoms with E-state index < -0.39 is 0 Å². The summed E-state index contributed by atoms with van der Waals surface area (Å²) in [6.07, 6.45) is 0.302. The molecule has 2 aromatic rings. The van der Waals surface area contributed by atoms with Gasteiger partial charge in [-0.2, -0.15) is 0 Å². The van der Waals surface area contributed by atoms with E-state index in [0.717, 1.165) is 11.3 Å². The third kappa shape index (κ3) is 3.82. The highest BCUT2D eigenvalue weighted by Gasteiger charge is 2.32. The lowest BCUT2D eigenvalue weighted by atomic mass is 10.1. The van der Waals surface area contributed by atoms with Crippen molar-refractivity contribution in [1.82, 2.24) is 5.32 Å². The lowest BCUT2D eigenvalue weighted by Crippen LogP contribution is -2.37. The van der Waals surface area contributed by atoms with Crippen molar-refractivity contribution >= 4 is 17.5 Å². The van der Waals surface area contributed by atoms with Crippen LogP contribution in [0.25, 0.3) is 0 Å². The zero-order chi connectivity index (χ0) is 17.8. The van der Waals surface area contributed by atoms with Gasteiger partial charge in [-0.15, -0.1) is 0 Å². The molecule has 0 radical (unpaired) electrons. The highest BCUT2D eigenvalue weighted by atomic mass is 16.5. The third-order valence-corrected chi connectivity index (χ3v) is 4.24. The van der Waals surface area contributed by atoms with E-state index in [1.165, 1.54) is 0 Å². The maximum Gasteiger partial charge on any atom is 0.255 e.